The number of nitrogens with zero attached hydrogens (tertiary/aromatic N) is 2. The van der Waals surface area contributed by atoms with Crippen molar-refractivity contribution in [3.63, 3.8) is 0 Å². The molecule has 80 valence electrons. The Bertz CT molecular complexity index is 426. The summed E-state index contributed by atoms with van der Waals surface area (Å²) in [7, 11) is 0. The summed E-state index contributed by atoms with van der Waals surface area (Å²) < 4.78 is 0. The van der Waals surface area contributed by atoms with Crippen LogP contribution in [0.2, 0.25) is 0 Å². The van der Waals surface area contributed by atoms with E-state index in [1.165, 1.54) is 5.56 Å². The molecule has 1 aromatic heterocycles. The second kappa shape index (κ2) is 4.86. The van der Waals surface area contributed by atoms with Crippen molar-refractivity contribution in [2.45, 2.75) is 13.0 Å². The first kappa shape index (κ1) is 10.1. The van der Waals surface area contributed by atoms with Gasteiger partial charge in [0.25, 0.3) is 0 Å². The summed E-state index contributed by atoms with van der Waals surface area (Å²) in [6.07, 6.45) is 0.784. The number of benzene rings is 1. The summed E-state index contributed by atoms with van der Waals surface area (Å²) >= 11 is 0. The summed E-state index contributed by atoms with van der Waals surface area (Å²) in [6.45, 7) is 1.85. The number of aliphatic hydroxyl groups is 1. The lowest BCUT2D eigenvalue weighted by Crippen LogP contribution is -2.15. The number of hydrogen-bond acceptors (Lipinski definition) is 4. The van der Waals surface area contributed by atoms with Crippen LogP contribution >= 0.6 is 0 Å². The molecule has 0 aliphatic rings. The van der Waals surface area contributed by atoms with Crippen molar-refractivity contribution in [3.8, 4) is 0 Å². The zero-order valence-corrected chi connectivity index (χ0v) is 8.40. The molecule has 3 N–H and O–H groups in total. The van der Waals surface area contributed by atoms with Crippen molar-refractivity contribution in [2.75, 3.05) is 13.2 Å². The predicted molar refractivity (Wildman–Crippen MR) is 57.3 cm³/mol. The molecular weight excluding hydrogens is 192 g/mol. The molecule has 0 saturated carbocycles. The monoisotopic (exact) mass is 206 g/mol. The van der Waals surface area contributed by atoms with Crippen LogP contribution < -0.4 is 5.32 Å². The fourth-order valence-electron chi connectivity index (χ4n) is 1.43. The summed E-state index contributed by atoms with van der Waals surface area (Å²) in [4.78, 5) is 0. The highest BCUT2D eigenvalue weighted by atomic mass is 16.3. The number of nitrogens with one attached hydrogen (secondary N) is 2. The van der Waals surface area contributed by atoms with Gasteiger partial charge >= 0.3 is 0 Å². The Morgan fingerprint density at radius 3 is 3.00 bits per heavy atom. The third-order valence-electron chi connectivity index (χ3n) is 2.22. The minimum Gasteiger partial charge on any atom is -0.396 e. The molecule has 0 amide bonds. The summed E-state index contributed by atoms with van der Waals surface area (Å²) in [5.41, 5.74) is 2.94. The van der Waals surface area contributed by atoms with Crippen LogP contribution in [0.5, 0.6) is 0 Å². The van der Waals surface area contributed by atoms with Crippen molar-refractivity contribution >= 4 is 11.0 Å². The Labute approximate surface area is 87.5 Å². The molecule has 0 spiro atoms. The lowest BCUT2D eigenvalue weighted by molar-refractivity contribution is 0.286. The Balaban J connectivity index is 1.96. The van der Waals surface area contributed by atoms with Gasteiger partial charge in [0.2, 0.25) is 0 Å². The van der Waals surface area contributed by atoms with Crippen LogP contribution in [-0.4, -0.2) is 33.7 Å². The maximum Gasteiger partial charge on any atom is 0.113 e. The Hall–Kier alpha value is -1.46. The Morgan fingerprint density at radius 2 is 2.13 bits per heavy atom. The van der Waals surface area contributed by atoms with E-state index in [0.29, 0.717) is 0 Å². The number of aliphatic hydroxyl groups excluding tert-OH is 1. The van der Waals surface area contributed by atoms with Gasteiger partial charge in [-0.1, -0.05) is 6.07 Å². The highest BCUT2D eigenvalue weighted by Gasteiger charge is 1.99. The lowest BCUT2D eigenvalue weighted by atomic mass is 10.2. The molecule has 5 heteroatoms. The average molecular weight is 206 g/mol. The molecule has 0 bridgehead atoms. The normalized spacial score (nSPS) is 11.0. The van der Waals surface area contributed by atoms with Crippen LogP contribution in [0.3, 0.4) is 0 Å². The number of aromatic amines is 1. The van der Waals surface area contributed by atoms with Gasteiger partial charge in [0.1, 0.15) is 11.0 Å². The standard InChI is InChI=1S/C10H14N4O/c15-5-1-4-11-7-8-2-3-9-10(6-8)13-14-12-9/h2-3,6,11,15H,1,4-5,7H2,(H,12,13,14). The minimum absolute atomic E-state index is 0.231. The van der Waals surface area contributed by atoms with Crippen LogP contribution in [-0.2, 0) is 6.54 Å². The molecular formula is C10H14N4O. The van der Waals surface area contributed by atoms with E-state index < -0.39 is 0 Å². The third kappa shape index (κ3) is 2.51. The number of hydrogen-bond donors (Lipinski definition) is 3. The molecule has 0 atom stereocenters. The van der Waals surface area contributed by atoms with Crippen molar-refractivity contribution in [1.29, 1.82) is 0 Å². The summed E-state index contributed by atoms with van der Waals surface area (Å²) in [5.74, 6) is 0. The van der Waals surface area contributed by atoms with Gasteiger partial charge in [0, 0.05) is 13.2 Å². The Morgan fingerprint density at radius 1 is 1.27 bits per heavy atom. The van der Waals surface area contributed by atoms with E-state index in [1.54, 1.807) is 0 Å². The van der Waals surface area contributed by atoms with Gasteiger partial charge in [-0.3, -0.25) is 0 Å². The average Bonchev–Trinajstić information content (AvgIpc) is 2.71. The van der Waals surface area contributed by atoms with Gasteiger partial charge in [-0.25, -0.2) is 0 Å². The first-order chi connectivity index (χ1) is 7.40. The topological polar surface area (TPSA) is 73.8 Å². The quantitative estimate of drug-likeness (QED) is 0.620. The maximum absolute atomic E-state index is 8.61. The SMILES string of the molecule is OCCCNCc1ccc2n[nH]nc2c1. The van der Waals surface area contributed by atoms with E-state index in [4.69, 9.17) is 5.11 Å². The van der Waals surface area contributed by atoms with E-state index in [0.717, 1.165) is 30.5 Å². The van der Waals surface area contributed by atoms with Crippen molar-refractivity contribution < 1.29 is 5.11 Å². The van der Waals surface area contributed by atoms with E-state index in [-0.39, 0.29) is 6.61 Å². The second-order valence-electron chi connectivity index (χ2n) is 3.40. The smallest absolute Gasteiger partial charge is 0.113 e. The summed E-state index contributed by atoms with van der Waals surface area (Å²) in [6, 6.07) is 5.98. The molecule has 0 fully saturated rings. The molecule has 1 heterocycles. The first-order valence-corrected chi connectivity index (χ1v) is 5.01. The fraction of sp³-hybridized carbons (Fsp3) is 0.400. The molecule has 0 radical (unpaired) electrons. The van der Waals surface area contributed by atoms with Crippen molar-refractivity contribution in [2.24, 2.45) is 0 Å². The largest absolute Gasteiger partial charge is 0.396 e. The van der Waals surface area contributed by atoms with Gasteiger partial charge in [-0.15, -0.1) is 0 Å². The molecule has 0 aliphatic heterocycles. The number of fused-ring (bicyclic) bond motifs is 1. The maximum atomic E-state index is 8.61. The van der Waals surface area contributed by atoms with Gasteiger partial charge in [-0.2, -0.15) is 15.4 Å². The van der Waals surface area contributed by atoms with Gasteiger partial charge in [-0.05, 0) is 30.7 Å². The van der Waals surface area contributed by atoms with E-state index in [2.05, 4.69) is 20.7 Å². The Kier molecular flexibility index (Phi) is 3.26. The van der Waals surface area contributed by atoms with E-state index in [9.17, 15) is 0 Å². The van der Waals surface area contributed by atoms with Crippen molar-refractivity contribution in [3.05, 3.63) is 23.8 Å². The molecule has 0 saturated heterocycles. The third-order valence-corrected chi connectivity index (χ3v) is 2.22. The molecule has 2 rings (SSSR count). The molecule has 0 unspecified atom stereocenters. The van der Waals surface area contributed by atoms with Gasteiger partial charge < -0.3 is 10.4 Å². The van der Waals surface area contributed by atoms with Gasteiger partial charge in [0.15, 0.2) is 0 Å². The number of aromatic nitrogens is 3. The zero-order valence-electron chi connectivity index (χ0n) is 8.40. The second-order valence-corrected chi connectivity index (χ2v) is 3.40. The minimum atomic E-state index is 0.231. The van der Waals surface area contributed by atoms with Gasteiger partial charge in [0.05, 0.1) is 0 Å². The van der Waals surface area contributed by atoms with Crippen LogP contribution in [0.15, 0.2) is 18.2 Å². The molecule has 1 aromatic carbocycles. The fourth-order valence-corrected chi connectivity index (χ4v) is 1.43. The molecule has 15 heavy (non-hydrogen) atoms. The molecule has 2 aromatic rings. The van der Waals surface area contributed by atoms with Crippen LogP contribution in [0, 0.1) is 0 Å². The van der Waals surface area contributed by atoms with Crippen LogP contribution in [0.4, 0.5) is 0 Å². The van der Waals surface area contributed by atoms with E-state index >= 15 is 0 Å². The van der Waals surface area contributed by atoms with Crippen LogP contribution in [0.25, 0.3) is 11.0 Å². The highest BCUT2D eigenvalue weighted by Crippen LogP contribution is 2.09. The lowest BCUT2D eigenvalue weighted by Gasteiger charge is -2.02. The summed E-state index contributed by atoms with van der Waals surface area (Å²) in [5, 5.41) is 22.4. The zero-order chi connectivity index (χ0) is 10.5. The molecule has 5 nitrogen and oxygen atoms in total. The van der Waals surface area contributed by atoms with E-state index in [1.807, 2.05) is 18.2 Å². The first-order valence-electron chi connectivity index (χ1n) is 5.01. The van der Waals surface area contributed by atoms with Crippen molar-refractivity contribution in [1.82, 2.24) is 20.7 Å². The molecule has 0 aliphatic carbocycles. The number of H-pyrrole nitrogens is 1. The predicted octanol–water partition coefficient (Wildman–Crippen LogP) is 0.430. The number of rotatable bonds is 5. The van der Waals surface area contributed by atoms with Crippen LogP contribution in [0.1, 0.15) is 12.0 Å². The highest BCUT2D eigenvalue weighted by molar-refractivity contribution is 5.74.